The van der Waals surface area contributed by atoms with Crippen LogP contribution in [0.2, 0.25) is 0 Å². The van der Waals surface area contributed by atoms with Gasteiger partial charge >= 0.3 is 0 Å². The Labute approximate surface area is 88.7 Å². The summed E-state index contributed by atoms with van der Waals surface area (Å²) in [6.07, 6.45) is 0. The van der Waals surface area contributed by atoms with Crippen molar-refractivity contribution in [2.45, 2.75) is 33.2 Å². The largest absolute Gasteiger partial charge is 0.347 e. The Kier molecular flexibility index (Phi) is 2.98. The molecule has 4 nitrogen and oxygen atoms in total. The van der Waals surface area contributed by atoms with Crippen LogP contribution in [0, 0.1) is 6.92 Å². The lowest BCUT2D eigenvalue weighted by molar-refractivity contribution is 0.0919. The second-order valence-corrected chi connectivity index (χ2v) is 4.62. The summed E-state index contributed by atoms with van der Waals surface area (Å²) in [7, 11) is 0. The van der Waals surface area contributed by atoms with Gasteiger partial charge in [-0.2, -0.15) is 0 Å². The fourth-order valence-corrected chi connectivity index (χ4v) is 1.23. The van der Waals surface area contributed by atoms with Crippen LogP contribution in [-0.2, 0) is 0 Å². The highest BCUT2D eigenvalue weighted by Crippen LogP contribution is 2.03. The summed E-state index contributed by atoms with van der Waals surface area (Å²) >= 11 is 0. The fourth-order valence-electron chi connectivity index (χ4n) is 1.23. The predicted octanol–water partition coefficient (Wildman–Crippen LogP) is 1.21. The molecular formula is C11H16N2O2. The molecular weight excluding hydrogens is 192 g/mol. The summed E-state index contributed by atoms with van der Waals surface area (Å²) < 4.78 is 0. The normalized spacial score (nSPS) is 11.2. The number of amides is 1. The second-order valence-electron chi connectivity index (χ2n) is 4.62. The number of carbonyl (C=O) groups excluding carboxylic acids is 1. The van der Waals surface area contributed by atoms with Crippen LogP contribution in [0.25, 0.3) is 0 Å². The molecule has 0 aliphatic carbocycles. The molecule has 0 radical (unpaired) electrons. The topological polar surface area (TPSA) is 62.0 Å². The summed E-state index contributed by atoms with van der Waals surface area (Å²) in [5, 5.41) is 2.80. The molecule has 0 atom stereocenters. The number of hydrogen-bond acceptors (Lipinski definition) is 2. The van der Waals surface area contributed by atoms with E-state index in [-0.39, 0.29) is 17.0 Å². The minimum absolute atomic E-state index is 0.225. The number of aromatic amines is 1. The molecule has 1 amide bonds. The molecule has 0 unspecified atom stereocenters. The zero-order valence-electron chi connectivity index (χ0n) is 9.47. The average Bonchev–Trinajstić information content (AvgIpc) is 1.98. The van der Waals surface area contributed by atoms with E-state index in [1.165, 1.54) is 6.07 Å². The maximum atomic E-state index is 11.7. The van der Waals surface area contributed by atoms with E-state index in [9.17, 15) is 9.59 Å². The Hall–Kier alpha value is -1.58. The van der Waals surface area contributed by atoms with E-state index in [4.69, 9.17) is 0 Å². The van der Waals surface area contributed by atoms with Crippen molar-refractivity contribution in [1.29, 1.82) is 0 Å². The van der Waals surface area contributed by atoms with Gasteiger partial charge in [-0.1, -0.05) is 0 Å². The molecule has 1 rings (SSSR count). The molecule has 0 bridgehead atoms. The predicted molar refractivity (Wildman–Crippen MR) is 59.0 cm³/mol. The lowest BCUT2D eigenvalue weighted by atomic mass is 10.1. The van der Waals surface area contributed by atoms with Crippen LogP contribution in [0.3, 0.4) is 0 Å². The van der Waals surface area contributed by atoms with Crippen molar-refractivity contribution in [1.82, 2.24) is 10.3 Å². The van der Waals surface area contributed by atoms with Gasteiger partial charge in [-0.05, 0) is 33.8 Å². The van der Waals surface area contributed by atoms with Crippen LogP contribution in [-0.4, -0.2) is 16.4 Å². The van der Waals surface area contributed by atoms with E-state index < -0.39 is 0 Å². The third kappa shape index (κ3) is 3.58. The Balaban J connectivity index is 2.97. The second kappa shape index (κ2) is 3.88. The molecule has 4 heteroatoms. The lowest BCUT2D eigenvalue weighted by Gasteiger charge is -2.20. The summed E-state index contributed by atoms with van der Waals surface area (Å²) in [5.74, 6) is -0.225. The third-order valence-electron chi connectivity index (χ3n) is 1.73. The minimum Gasteiger partial charge on any atom is -0.347 e. The molecule has 15 heavy (non-hydrogen) atoms. The van der Waals surface area contributed by atoms with Crippen molar-refractivity contribution >= 4 is 5.91 Å². The third-order valence-corrected chi connectivity index (χ3v) is 1.73. The van der Waals surface area contributed by atoms with Crippen molar-refractivity contribution < 1.29 is 4.79 Å². The molecule has 0 aliphatic heterocycles. The Morgan fingerprint density at radius 1 is 1.33 bits per heavy atom. The highest BCUT2D eigenvalue weighted by molar-refractivity contribution is 5.94. The number of aryl methyl sites for hydroxylation is 1. The molecule has 0 aromatic carbocycles. The highest BCUT2D eigenvalue weighted by Gasteiger charge is 2.15. The van der Waals surface area contributed by atoms with E-state index in [0.717, 1.165) is 0 Å². The van der Waals surface area contributed by atoms with Crippen molar-refractivity contribution in [2.24, 2.45) is 0 Å². The van der Waals surface area contributed by atoms with Crippen LogP contribution in [0.15, 0.2) is 16.9 Å². The summed E-state index contributed by atoms with van der Waals surface area (Å²) in [6, 6.07) is 2.95. The van der Waals surface area contributed by atoms with Gasteiger partial charge in [0.2, 0.25) is 5.56 Å². The minimum atomic E-state index is -0.298. The molecule has 0 spiro atoms. The zero-order valence-corrected chi connectivity index (χ0v) is 9.47. The van der Waals surface area contributed by atoms with E-state index in [2.05, 4.69) is 10.3 Å². The Morgan fingerprint density at radius 2 is 1.93 bits per heavy atom. The molecule has 1 aromatic heterocycles. The molecule has 0 aliphatic rings. The molecule has 0 saturated heterocycles. The summed E-state index contributed by atoms with van der Waals surface area (Å²) in [6.45, 7) is 7.43. The van der Waals surface area contributed by atoms with Gasteiger partial charge < -0.3 is 10.3 Å². The van der Waals surface area contributed by atoms with Crippen molar-refractivity contribution in [3.63, 3.8) is 0 Å². The lowest BCUT2D eigenvalue weighted by Crippen LogP contribution is -2.40. The monoisotopic (exact) mass is 208 g/mol. The van der Waals surface area contributed by atoms with Crippen LogP contribution in [0.1, 0.15) is 36.8 Å². The molecule has 82 valence electrons. The molecule has 0 saturated carbocycles. The fraction of sp³-hybridized carbons (Fsp3) is 0.455. The number of carbonyl (C=O) groups is 1. The van der Waals surface area contributed by atoms with Gasteiger partial charge in [-0.3, -0.25) is 9.59 Å². The average molecular weight is 208 g/mol. The van der Waals surface area contributed by atoms with Crippen molar-refractivity contribution in [3.05, 3.63) is 33.7 Å². The van der Waals surface area contributed by atoms with Crippen molar-refractivity contribution in [3.8, 4) is 0 Å². The van der Waals surface area contributed by atoms with E-state index >= 15 is 0 Å². The first-order valence-corrected chi connectivity index (χ1v) is 4.81. The van der Waals surface area contributed by atoms with Crippen LogP contribution < -0.4 is 10.9 Å². The maximum Gasteiger partial charge on any atom is 0.251 e. The quantitative estimate of drug-likeness (QED) is 0.728. The molecule has 2 N–H and O–H groups in total. The number of hydrogen-bond donors (Lipinski definition) is 2. The first-order chi connectivity index (χ1) is 6.78. The maximum absolute atomic E-state index is 11.7. The first kappa shape index (κ1) is 11.5. The number of nitrogens with one attached hydrogen (secondary N) is 2. The number of aromatic nitrogens is 1. The van der Waals surface area contributed by atoms with Gasteiger partial charge in [0.15, 0.2) is 0 Å². The standard InChI is InChI=1S/C11H16N2O2/c1-7-5-8(6-9(14)12-7)10(15)13-11(2,3)4/h5-6H,1-4H3,(H,12,14)(H,13,15). The Morgan fingerprint density at radius 3 is 2.40 bits per heavy atom. The highest BCUT2D eigenvalue weighted by atomic mass is 16.2. The molecule has 0 fully saturated rings. The van der Waals surface area contributed by atoms with E-state index in [1.807, 2.05) is 20.8 Å². The van der Waals surface area contributed by atoms with E-state index in [1.54, 1.807) is 13.0 Å². The van der Waals surface area contributed by atoms with Gasteiger partial charge in [0, 0.05) is 22.9 Å². The number of rotatable bonds is 1. The number of H-pyrrole nitrogens is 1. The zero-order chi connectivity index (χ0) is 11.6. The first-order valence-electron chi connectivity index (χ1n) is 4.81. The van der Waals surface area contributed by atoms with Gasteiger partial charge in [-0.25, -0.2) is 0 Å². The Bertz CT molecular complexity index is 427. The van der Waals surface area contributed by atoms with Gasteiger partial charge in [0.1, 0.15) is 0 Å². The summed E-state index contributed by atoms with van der Waals surface area (Å²) in [5.41, 5.74) is 0.523. The van der Waals surface area contributed by atoms with Gasteiger partial charge in [0.25, 0.3) is 5.91 Å². The van der Waals surface area contributed by atoms with Gasteiger partial charge in [-0.15, -0.1) is 0 Å². The molecule has 1 aromatic rings. The SMILES string of the molecule is Cc1cc(C(=O)NC(C)(C)C)cc(=O)[nH]1. The van der Waals surface area contributed by atoms with Crippen LogP contribution in [0.5, 0.6) is 0 Å². The van der Waals surface area contributed by atoms with Crippen LogP contribution in [0.4, 0.5) is 0 Å². The van der Waals surface area contributed by atoms with Crippen molar-refractivity contribution in [2.75, 3.05) is 0 Å². The summed E-state index contributed by atoms with van der Waals surface area (Å²) in [4.78, 5) is 25.4. The van der Waals surface area contributed by atoms with Crippen LogP contribution >= 0.6 is 0 Å². The van der Waals surface area contributed by atoms with Gasteiger partial charge in [0.05, 0.1) is 0 Å². The number of pyridine rings is 1. The van der Waals surface area contributed by atoms with E-state index in [0.29, 0.717) is 11.3 Å². The molecule has 1 heterocycles. The smallest absolute Gasteiger partial charge is 0.251 e.